The topological polar surface area (TPSA) is 55.8 Å². The van der Waals surface area contributed by atoms with E-state index in [2.05, 4.69) is 13.8 Å². The molecule has 0 aliphatic heterocycles. The standard InChI is InChI=1S/C21H26O4/c1-3-5-13-24-19-12-11-18(15-20(19)25-14-6-4-2)16-7-9-17(10-8-16)21(22)23/h7-12,15H,3-6,13-14H2,1-2H3,(H,22,23). The number of benzene rings is 2. The number of hydrogen-bond acceptors (Lipinski definition) is 3. The van der Waals surface area contributed by atoms with Crippen molar-refractivity contribution in [3.05, 3.63) is 48.0 Å². The Morgan fingerprint density at radius 2 is 1.40 bits per heavy atom. The van der Waals surface area contributed by atoms with Crippen LogP contribution in [0.15, 0.2) is 42.5 Å². The summed E-state index contributed by atoms with van der Waals surface area (Å²) in [6.45, 7) is 5.59. The van der Waals surface area contributed by atoms with Crippen molar-refractivity contribution < 1.29 is 19.4 Å². The van der Waals surface area contributed by atoms with E-state index in [1.807, 2.05) is 30.3 Å². The molecule has 0 aliphatic carbocycles. The molecule has 1 N–H and O–H groups in total. The van der Waals surface area contributed by atoms with E-state index in [0.29, 0.717) is 13.2 Å². The van der Waals surface area contributed by atoms with E-state index in [1.54, 1.807) is 12.1 Å². The lowest BCUT2D eigenvalue weighted by Crippen LogP contribution is -2.02. The minimum atomic E-state index is -0.921. The summed E-state index contributed by atoms with van der Waals surface area (Å²) in [6.07, 6.45) is 4.15. The van der Waals surface area contributed by atoms with E-state index in [4.69, 9.17) is 14.6 Å². The van der Waals surface area contributed by atoms with Gasteiger partial charge in [-0.1, -0.05) is 44.9 Å². The number of carboxylic acids is 1. The Balaban J connectivity index is 2.22. The van der Waals surface area contributed by atoms with Gasteiger partial charge >= 0.3 is 5.97 Å². The molecule has 0 amide bonds. The summed E-state index contributed by atoms with van der Waals surface area (Å²) in [5, 5.41) is 9.01. The molecule has 0 atom stereocenters. The number of ether oxygens (including phenoxy) is 2. The van der Waals surface area contributed by atoms with Crippen LogP contribution < -0.4 is 9.47 Å². The van der Waals surface area contributed by atoms with Crippen molar-refractivity contribution >= 4 is 5.97 Å². The van der Waals surface area contributed by atoms with Crippen LogP contribution in [-0.4, -0.2) is 24.3 Å². The molecule has 0 fully saturated rings. The first-order valence-corrected chi connectivity index (χ1v) is 8.89. The molecule has 0 aliphatic rings. The zero-order chi connectivity index (χ0) is 18.1. The van der Waals surface area contributed by atoms with Gasteiger partial charge in [0.1, 0.15) is 0 Å². The van der Waals surface area contributed by atoms with Crippen LogP contribution in [0.1, 0.15) is 49.9 Å². The second-order valence-corrected chi connectivity index (χ2v) is 5.95. The lowest BCUT2D eigenvalue weighted by Gasteiger charge is -2.14. The van der Waals surface area contributed by atoms with Crippen molar-refractivity contribution in [3.8, 4) is 22.6 Å². The molecule has 0 saturated carbocycles. The van der Waals surface area contributed by atoms with E-state index in [9.17, 15) is 4.79 Å². The maximum atomic E-state index is 11.0. The summed E-state index contributed by atoms with van der Waals surface area (Å²) in [4.78, 5) is 11.0. The molecule has 4 heteroatoms. The lowest BCUT2D eigenvalue weighted by molar-refractivity contribution is 0.0697. The van der Waals surface area contributed by atoms with Gasteiger partial charge in [-0.25, -0.2) is 4.79 Å². The molecule has 0 radical (unpaired) electrons. The van der Waals surface area contributed by atoms with Gasteiger partial charge in [-0.05, 0) is 48.2 Å². The Kier molecular flexibility index (Phi) is 7.33. The fourth-order valence-electron chi connectivity index (χ4n) is 2.38. The molecular formula is C21H26O4. The van der Waals surface area contributed by atoms with Crippen LogP contribution in [0.25, 0.3) is 11.1 Å². The first kappa shape index (κ1) is 18.8. The summed E-state index contributed by atoms with van der Waals surface area (Å²) < 4.78 is 11.8. The maximum Gasteiger partial charge on any atom is 0.335 e. The van der Waals surface area contributed by atoms with Crippen LogP contribution in [0.5, 0.6) is 11.5 Å². The van der Waals surface area contributed by atoms with Gasteiger partial charge in [-0.15, -0.1) is 0 Å². The van der Waals surface area contributed by atoms with Crippen molar-refractivity contribution in [2.24, 2.45) is 0 Å². The second kappa shape index (κ2) is 9.72. The minimum Gasteiger partial charge on any atom is -0.490 e. The summed E-state index contributed by atoms with van der Waals surface area (Å²) >= 11 is 0. The van der Waals surface area contributed by atoms with E-state index >= 15 is 0 Å². The third-order valence-electron chi connectivity index (χ3n) is 3.92. The molecule has 4 nitrogen and oxygen atoms in total. The predicted molar refractivity (Wildman–Crippen MR) is 99.6 cm³/mol. The lowest BCUT2D eigenvalue weighted by atomic mass is 10.0. The van der Waals surface area contributed by atoms with Gasteiger partial charge in [0.2, 0.25) is 0 Å². The van der Waals surface area contributed by atoms with Crippen LogP contribution in [0.3, 0.4) is 0 Å². The highest BCUT2D eigenvalue weighted by Crippen LogP contribution is 2.33. The highest BCUT2D eigenvalue weighted by Gasteiger charge is 2.09. The zero-order valence-corrected chi connectivity index (χ0v) is 15.0. The molecule has 0 spiro atoms. The molecule has 0 saturated heterocycles. The molecule has 25 heavy (non-hydrogen) atoms. The molecule has 0 bridgehead atoms. The third kappa shape index (κ3) is 5.52. The van der Waals surface area contributed by atoms with Crippen molar-refractivity contribution in [2.45, 2.75) is 39.5 Å². The number of carboxylic acid groups (broad SMARTS) is 1. The number of unbranched alkanes of at least 4 members (excludes halogenated alkanes) is 2. The summed E-state index contributed by atoms with van der Waals surface area (Å²) in [7, 11) is 0. The molecule has 134 valence electrons. The Morgan fingerprint density at radius 1 is 0.840 bits per heavy atom. The van der Waals surface area contributed by atoms with Crippen LogP contribution >= 0.6 is 0 Å². The largest absolute Gasteiger partial charge is 0.490 e. The van der Waals surface area contributed by atoms with Gasteiger partial charge in [-0.3, -0.25) is 0 Å². The number of rotatable bonds is 10. The summed E-state index contributed by atoms with van der Waals surface area (Å²) in [5.74, 6) is 0.578. The quantitative estimate of drug-likeness (QED) is 0.587. The van der Waals surface area contributed by atoms with Crippen molar-refractivity contribution in [1.82, 2.24) is 0 Å². The minimum absolute atomic E-state index is 0.280. The predicted octanol–water partition coefficient (Wildman–Crippen LogP) is 5.41. The SMILES string of the molecule is CCCCOc1ccc(-c2ccc(C(=O)O)cc2)cc1OCCCC. The first-order valence-electron chi connectivity index (χ1n) is 8.89. The van der Waals surface area contributed by atoms with Gasteiger partial charge in [0, 0.05) is 0 Å². The average molecular weight is 342 g/mol. The average Bonchev–Trinajstić information content (AvgIpc) is 2.63. The van der Waals surface area contributed by atoms with Crippen LogP contribution in [0.2, 0.25) is 0 Å². The Bertz CT molecular complexity index is 677. The third-order valence-corrected chi connectivity index (χ3v) is 3.92. The molecule has 2 rings (SSSR count). The summed E-state index contributed by atoms with van der Waals surface area (Å²) in [6, 6.07) is 12.7. The van der Waals surface area contributed by atoms with Gasteiger partial charge in [0.15, 0.2) is 11.5 Å². The molecule has 2 aromatic rings. The number of carbonyl (C=O) groups is 1. The van der Waals surface area contributed by atoms with Crippen LogP contribution in [-0.2, 0) is 0 Å². The van der Waals surface area contributed by atoms with Crippen molar-refractivity contribution in [2.75, 3.05) is 13.2 Å². The Labute approximate surface area is 149 Å². The Hall–Kier alpha value is -2.49. The molecule has 0 aromatic heterocycles. The summed E-state index contributed by atoms with van der Waals surface area (Å²) in [5.41, 5.74) is 2.21. The van der Waals surface area contributed by atoms with Crippen LogP contribution in [0, 0.1) is 0 Å². The number of hydrogen-bond donors (Lipinski definition) is 1. The van der Waals surface area contributed by atoms with Gasteiger partial charge in [0.05, 0.1) is 18.8 Å². The van der Waals surface area contributed by atoms with E-state index < -0.39 is 5.97 Å². The van der Waals surface area contributed by atoms with E-state index in [0.717, 1.165) is 48.3 Å². The van der Waals surface area contributed by atoms with E-state index in [1.165, 1.54) is 0 Å². The highest BCUT2D eigenvalue weighted by atomic mass is 16.5. The highest BCUT2D eigenvalue weighted by molar-refractivity contribution is 5.88. The molecular weight excluding hydrogens is 316 g/mol. The molecule has 2 aromatic carbocycles. The second-order valence-electron chi connectivity index (χ2n) is 5.95. The van der Waals surface area contributed by atoms with Gasteiger partial charge < -0.3 is 14.6 Å². The number of aromatic carboxylic acids is 1. The van der Waals surface area contributed by atoms with E-state index in [-0.39, 0.29) is 5.56 Å². The smallest absolute Gasteiger partial charge is 0.335 e. The molecule has 0 unspecified atom stereocenters. The van der Waals surface area contributed by atoms with Crippen molar-refractivity contribution in [1.29, 1.82) is 0 Å². The monoisotopic (exact) mass is 342 g/mol. The normalized spacial score (nSPS) is 10.5. The molecule has 0 heterocycles. The fraction of sp³-hybridized carbons (Fsp3) is 0.381. The fourth-order valence-corrected chi connectivity index (χ4v) is 2.38. The van der Waals surface area contributed by atoms with Crippen molar-refractivity contribution in [3.63, 3.8) is 0 Å². The van der Waals surface area contributed by atoms with Gasteiger partial charge in [-0.2, -0.15) is 0 Å². The van der Waals surface area contributed by atoms with Crippen LogP contribution in [0.4, 0.5) is 0 Å². The Morgan fingerprint density at radius 3 is 1.96 bits per heavy atom. The first-order chi connectivity index (χ1) is 12.2. The maximum absolute atomic E-state index is 11.0. The zero-order valence-electron chi connectivity index (χ0n) is 15.0. The van der Waals surface area contributed by atoms with Gasteiger partial charge in [0.25, 0.3) is 0 Å².